The molecule has 1 aliphatic rings. The monoisotopic (exact) mass is 506 g/mol. The molecule has 0 radical (unpaired) electrons. The van der Waals surface area contributed by atoms with E-state index in [9.17, 15) is 31.1 Å². The number of ether oxygens (including phenoxy) is 1. The maximum Gasteiger partial charge on any atom is 0.314 e. The van der Waals surface area contributed by atoms with Crippen LogP contribution in [-0.2, 0) is 11.2 Å². The summed E-state index contributed by atoms with van der Waals surface area (Å²) in [7, 11) is 0. The van der Waals surface area contributed by atoms with Gasteiger partial charge in [0.1, 0.15) is 11.6 Å². The lowest BCUT2D eigenvalue weighted by Gasteiger charge is -2.28. The van der Waals surface area contributed by atoms with Crippen LogP contribution in [-0.4, -0.2) is 5.97 Å². The van der Waals surface area contributed by atoms with Crippen LogP contribution in [0.2, 0.25) is 0 Å². The summed E-state index contributed by atoms with van der Waals surface area (Å²) in [5, 5.41) is 0. The molecule has 3 aromatic carbocycles. The largest absolute Gasteiger partial charge is 0.426 e. The summed E-state index contributed by atoms with van der Waals surface area (Å²) in [4.78, 5) is 12.6. The Morgan fingerprint density at radius 3 is 2.08 bits per heavy atom. The van der Waals surface area contributed by atoms with Gasteiger partial charge in [-0.25, -0.2) is 26.3 Å². The van der Waals surface area contributed by atoms with E-state index in [1.807, 2.05) is 6.92 Å². The number of benzene rings is 3. The standard InChI is InChI=1S/C28H24F6O2/c1-2-3-16-8-10-21(26(33)25(16)32)15-4-6-17(7-5-15)28(35)36-19-9-11-20(22(29)14-19)18-12-23(30)27(34)24(31)13-18/h8-15,17H,2-7H2,1H3. The average Bonchev–Trinajstić information content (AvgIpc) is 2.85. The zero-order chi connectivity index (χ0) is 26.0. The summed E-state index contributed by atoms with van der Waals surface area (Å²) < 4.78 is 89.0. The lowest BCUT2D eigenvalue weighted by molar-refractivity contribution is -0.140. The first-order valence-electron chi connectivity index (χ1n) is 11.8. The van der Waals surface area contributed by atoms with Gasteiger partial charge < -0.3 is 4.74 Å². The van der Waals surface area contributed by atoms with Gasteiger partial charge in [0.15, 0.2) is 29.1 Å². The van der Waals surface area contributed by atoms with Crippen molar-refractivity contribution in [3.63, 3.8) is 0 Å². The van der Waals surface area contributed by atoms with Crippen LogP contribution in [0.1, 0.15) is 56.1 Å². The second-order valence-electron chi connectivity index (χ2n) is 9.06. The minimum Gasteiger partial charge on any atom is -0.426 e. The molecule has 0 unspecified atom stereocenters. The number of halogens is 6. The first kappa shape index (κ1) is 25.8. The molecular formula is C28H24F6O2. The Balaban J connectivity index is 1.40. The summed E-state index contributed by atoms with van der Waals surface area (Å²) in [6, 6.07) is 7.95. The van der Waals surface area contributed by atoms with Crippen molar-refractivity contribution < 1.29 is 35.9 Å². The third-order valence-corrected chi connectivity index (χ3v) is 6.67. The molecule has 0 saturated heterocycles. The van der Waals surface area contributed by atoms with E-state index in [0.717, 1.165) is 6.07 Å². The minimum atomic E-state index is -1.65. The molecule has 1 saturated carbocycles. The molecule has 0 heterocycles. The van der Waals surface area contributed by atoms with Crippen molar-refractivity contribution in [2.24, 2.45) is 5.92 Å². The molecule has 36 heavy (non-hydrogen) atoms. The zero-order valence-corrected chi connectivity index (χ0v) is 19.5. The maximum atomic E-state index is 14.6. The van der Waals surface area contributed by atoms with Gasteiger partial charge in [0, 0.05) is 11.6 Å². The molecule has 0 amide bonds. The van der Waals surface area contributed by atoms with Gasteiger partial charge in [-0.15, -0.1) is 0 Å². The molecule has 0 spiro atoms. The number of carbonyl (C=O) groups is 1. The molecule has 0 bridgehead atoms. The van der Waals surface area contributed by atoms with Crippen molar-refractivity contribution in [3.8, 4) is 16.9 Å². The highest BCUT2D eigenvalue weighted by molar-refractivity contribution is 5.76. The van der Waals surface area contributed by atoms with Crippen LogP contribution >= 0.6 is 0 Å². The summed E-state index contributed by atoms with van der Waals surface area (Å²) in [6.07, 6.45) is 2.90. The van der Waals surface area contributed by atoms with Crippen molar-refractivity contribution in [2.75, 3.05) is 0 Å². The van der Waals surface area contributed by atoms with E-state index in [-0.39, 0.29) is 22.8 Å². The molecule has 1 aliphatic carbocycles. The third-order valence-electron chi connectivity index (χ3n) is 6.67. The van der Waals surface area contributed by atoms with E-state index in [0.29, 0.717) is 61.8 Å². The number of carbonyl (C=O) groups excluding carboxylic acids is 1. The fourth-order valence-electron chi connectivity index (χ4n) is 4.73. The number of hydrogen-bond acceptors (Lipinski definition) is 2. The smallest absolute Gasteiger partial charge is 0.314 e. The van der Waals surface area contributed by atoms with E-state index in [4.69, 9.17) is 4.74 Å². The molecular weight excluding hydrogens is 482 g/mol. The molecule has 4 rings (SSSR count). The number of hydrogen-bond donors (Lipinski definition) is 0. The Hall–Kier alpha value is -3.29. The number of rotatable bonds is 6. The number of esters is 1. The van der Waals surface area contributed by atoms with Crippen molar-refractivity contribution >= 4 is 5.97 Å². The van der Waals surface area contributed by atoms with Gasteiger partial charge in [-0.05, 0) is 79.0 Å². The molecule has 0 atom stereocenters. The van der Waals surface area contributed by atoms with Gasteiger partial charge in [0.05, 0.1) is 5.92 Å². The first-order chi connectivity index (χ1) is 17.2. The molecule has 0 N–H and O–H groups in total. The van der Waals surface area contributed by atoms with Gasteiger partial charge >= 0.3 is 5.97 Å². The second kappa shape index (κ2) is 10.8. The van der Waals surface area contributed by atoms with Crippen molar-refractivity contribution in [1.29, 1.82) is 0 Å². The predicted molar refractivity (Wildman–Crippen MR) is 122 cm³/mol. The quantitative estimate of drug-likeness (QED) is 0.146. The normalized spacial score (nSPS) is 17.8. The Morgan fingerprint density at radius 1 is 0.806 bits per heavy atom. The fourth-order valence-corrected chi connectivity index (χ4v) is 4.73. The molecule has 1 fully saturated rings. The molecule has 8 heteroatoms. The van der Waals surface area contributed by atoms with E-state index in [1.165, 1.54) is 12.1 Å². The first-order valence-corrected chi connectivity index (χ1v) is 11.8. The van der Waals surface area contributed by atoms with E-state index >= 15 is 0 Å². The number of aryl methyl sites for hydroxylation is 1. The summed E-state index contributed by atoms with van der Waals surface area (Å²) in [5.41, 5.74) is 0.272. The molecule has 0 aliphatic heterocycles. The second-order valence-corrected chi connectivity index (χ2v) is 9.06. The van der Waals surface area contributed by atoms with Gasteiger partial charge in [0.2, 0.25) is 0 Å². The van der Waals surface area contributed by atoms with Crippen LogP contribution in [0.25, 0.3) is 11.1 Å². The lowest BCUT2D eigenvalue weighted by Crippen LogP contribution is -2.25. The van der Waals surface area contributed by atoms with E-state index in [2.05, 4.69) is 0 Å². The topological polar surface area (TPSA) is 26.3 Å². The Labute approximate surface area is 204 Å². The predicted octanol–water partition coefficient (Wildman–Crippen LogP) is 8.02. The summed E-state index contributed by atoms with van der Waals surface area (Å²) in [5.74, 6) is -8.47. The van der Waals surface area contributed by atoms with Crippen molar-refractivity contribution in [3.05, 3.63) is 88.5 Å². The van der Waals surface area contributed by atoms with Crippen LogP contribution in [0.5, 0.6) is 5.75 Å². The van der Waals surface area contributed by atoms with Crippen LogP contribution in [0, 0.1) is 40.8 Å². The maximum absolute atomic E-state index is 14.6. The Morgan fingerprint density at radius 2 is 1.47 bits per heavy atom. The highest BCUT2D eigenvalue weighted by atomic mass is 19.2. The summed E-state index contributed by atoms with van der Waals surface area (Å²) in [6.45, 7) is 1.89. The highest BCUT2D eigenvalue weighted by Crippen LogP contribution is 2.38. The fraction of sp³-hybridized carbons (Fsp3) is 0.321. The Kier molecular flexibility index (Phi) is 7.71. The third kappa shape index (κ3) is 5.27. The van der Waals surface area contributed by atoms with Crippen molar-refractivity contribution in [2.45, 2.75) is 51.4 Å². The van der Waals surface area contributed by atoms with Crippen LogP contribution in [0.4, 0.5) is 26.3 Å². The van der Waals surface area contributed by atoms with Gasteiger partial charge in [-0.3, -0.25) is 4.79 Å². The van der Waals surface area contributed by atoms with Crippen LogP contribution < -0.4 is 4.74 Å². The van der Waals surface area contributed by atoms with Crippen LogP contribution in [0.15, 0.2) is 42.5 Å². The molecule has 3 aromatic rings. The zero-order valence-electron chi connectivity index (χ0n) is 19.5. The lowest BCUT2D eigenvalue weighted by atomic mass is 9.78. The van der Waals surface area contributed by atoms with E-state index < -0.39 is 46.8 Å². The molecule has 190 valence electrons. The SMILES string of the molecule is CCCc1ccc(C2CCC(C(=O)Oc3ccc(-c4cc(F)c(F)c(F)c4)c(F)c3)CC2)c(F)c1F. The van der Waals surface area contributed by atoms with Crippen molar-refractivity contribution in [1.82, 2.24) is 0 Å². The Bertz CT molecular complexity index is 1260. The van der Waals surface area contributed by atoms with E-state index in [1.54, 1.807) is 12.1 Å². The highest BCUT2D eigenvalue weighted by Gasteiger charge is 2.31. The molecule has 2 nitrogen and oxygen atoms in total. The minimum absolute atomic E-state index is 0.0916. The molecule has 0 aromatic heterocycles. The van der Waals surface area contributed by atoms with Gasteiger partial charge in [-0.1, -0.05) is 25.5 Å². The van der Waals surface area contributed by atoms with Crippen LogP contribution in [0.3, 0.4) is 0 Å². The van der Waals surface area contributed by atoms with Gasteiger partial charge in [-0.2, -0.15) is 0 Å². The average molecular weight is 506 g/mol. The summed E-state index contributed by atoms with van der Waals surface area (Å²) >= 11 is 0. The van der Waals surface area contributed by atoms with Gasteiger partial charge in [0.25, 0.3) is 0 Å².